The molecule has 2 aromatic rings. The topological polar surface area (TPSA) is 104 Å². The number of halogens is 1. The Kier molecular flexibility index (Phi) is 4.29. The average Bonchev–Trinajstić information content (AvgIpc) is 3.14. The normalized spacial score (nSPS) is 20.2. The summed E-state index contributed by atoms with van der Waals surface area (Å²) in [5.41, 5.74) is 1.96. The molecule has 0 radical (unpaired) electrons. The van der Waals surface area contributed by atoms with Crippen LogP contribution in [0.5, 0.6) is 0 Å². The van der Waals surface area contributed by atoms with Crippen LogP contribution in [-0.4, -0.2) is 45.7 Å². The van der Waals surface area contributed by atoms with E-state index < -0.39 is 6.17 Å². The molecule has 126 valence electrons. The molecule has 1 aliphatic rings. The molecular formula is C15H18FN7O. The molecule has 2 aromatic heterocycles. The van der Waals surface area contributed by atoms with E-state index in [2.05, 4.69) is 31.8 Å². The van der Waals surface area contributed by atoms with Crippen molar-refractivity contribution in [1.29, 1.82) is 5.26 Å². The van der Waals surface area contributed by atoms with Crippen molar-refractivity contribution >= 4 is 11.8 Å². The second-order valence-electron chi connectivity index (χ2n) is 5.87. The minimum absolute atomic E-state index is 0.171. The molecule has 9 heteroatoms. The summed E-state index contributed by atoms with van der Waals surface area (Å²) < 4.78 is 19.3. The van der Waals surface area contributed by atoms with Crippen LogP contribution in [0.15, 0.2) is 4.42 Å². The number of rotatable bonds is 4. The summed E-state index contributed by atoms with van der Waals surface area (Å²) in [4.78, 5) is 1.75. The second-order valence-corrected chi connectivity index (χ2v) is 5.87. The zero-order valence-electron chi connectivity index (χ0n) is 13.7. The van der Waals surface area contributed by atoms with Gasteiger partial charge < -0.3 is 14.6 Å². The van der Waals surface area contributed by atoms with Crippen LogP contribution in [0.2, 0.25) is 0 Å². The fourth-order valence-corrected chi connectivity index (χ4v) is 2.77. The van der Waals surface area contributed by atoms with Gasteiger partial charge in [-0.25, -0.2) is 4.39 Å². The van der Waals surface area contributed by atoms with E-state index in [0.717, 1.165) is 5.56 Å². The molecule has 0 spiro atoms. The minimum Gasteiger partial charge on any atom is -0.408 e. The average molecular weight is 331 g/mol. The third-order valence-electron chi connectivity index (χ3n) is 4.20. The standard InChI is InChI=1S/C15H18FN7O/c1-8-9(2)19-21-14(13(8)5-17)18-6-12-4-11(16)7-23(12)15-22-20-10(3)24-15/h11-12H,4,6-7H2,1-3H3,(H,18,21)/t11-,12-/m0/s1. The van der Waals surface area contributed by atoms with Crippen molar-refractivity contribution in [3.8, 4) is 6.07 Å². The van der Waals surface area contributed by atoms with Gasteiger partial charge in [0.05, 0.1) is 18.3 Å². The minimum atomic E-state index is -0.967. The van der Waals surface area contributed by atoms with E-state index in [1.807, 2.05) is 6.92 Å². The number of aromatic nitrogens is 4. The fourth-order valence-electron chi connectivity index (χ4n) is 2.77. The summed E-state index contributed by atoms with van der Waals surface area (Å²) in [7, 11) is 0. The van der Waals surface area contributed by atoms with Crippen LogP contribution in [0.4, 0.5) is 16.2 Å². The Morgan fingerprint density at radius 3 is 2.75 bits per heavy atom. The van der Waals surface area contributed by atoms with Crippen molar-refractivity contribution in [3.63, 3.8) is 0 Å². The lowest BCUT2D eigenvalue weighted by atomic mass is 10.1. The maximum Gasteiger partial charge on any atom is 0.318 e. The van der Waals surface area contributed by atoms with Gasteiger partial charge in [0.15, 0.2) is 5.82 Å². The predicted octanol–water partition coefficient (Wildman–Crippen LogP) is 1.69. The fraction of sp³-hybridized carbons (Fsp3) is 0.533. The molecule has 8 nitrogen and oxygen atoms in total. The molecule has 1 aliphatic heterocycles. The Labute approximate surface area is 138 Å². The van der Waals surface area contributed by atoms with E-state index in [9.17, 15) is 9.65 Å². The van der Waals surface area contributed by atoms with E-state index in [4.69, 9.17) is 4.42 Å². The summed E-state index contributed by atoms with van der Waals surface area (Å²) in [6, 6.07) is 2.28. The molecule has 1 N–H and O–H groups in total. The van der Waals surface area contributed by atoms with Crippen LogP contribution < -0.4 is 10.2 Å². The molecule has 1 saturated heterocycles. The molecule has 0 amide bonds. The third kappa shape index (κ3) is 2.99. The molecule has 3 rings (SSSR count). The van der Waals surface area contributed by atoms with Crippen molar-refractivity contribution in [2.75, 3.05) is 23.3 Å². The van der Waals surface area contributed by atoms with Crippen molar-refractivity contribution in [2.24, 2.45) is 0 Å². The van der Waals surface area contributed by atoms with Gasteiger partial charge in [-0.15, -0.1) is 10.2 Å². The molecule has 0 unspecified atom stereocenters. The van der Waals surface area contributed by atoms with E-state index in [1.165, 1.54) is 0 Å². The smallest absolute Gasteiger partial charge is 0.318 e. The lowest BCUT2D eigenvalue weighted by molar-refractivity contribution is 0.356. The van der Waals surface area contributed by atoms with Gasteiger partial charge in [-0.05, 0) is 19.4 Å². The first-order chi connectivity index (χ1) is 11.5. The monoisotopic (exact) mass is 331 g/mol. The zero-order chi connectivity index (χ0) is 17.3. The Morgan fingerprint density at radius 2 is 2.08 bits per heavy atom. The van der Waals surface area contributed by atoms with Crippen molar-refractivity contribution in [1.82, 2.24) is 20.4 Å². The van der Waals surface area contributed by atoms with Crippen LogP contribution in [-0.2, 0) is 0 Å². The summed E-state index contributed by atoms with van der Waals surface area (Å²) >= 11 is 0. The number of hydrogen-bond donors (Lipinski definition) is 1. The summed E-state index contributed by atoms with van der Waals surface area (Å²) in [6.07, 6.45) is -0.625. The Morgan fingerprint density at radius 1 is 1.29 bits per heavy atom. The lowest BCUT2D eigenvalue weighted by Gasteiger charge is -2.22. The molecule has 0 aromatic carbocycles. The van der Waals surface area contributed by atoms with Gasteiger partial charge in [-0.3, -0.25) is 0 Å². The number of hydrogen-bond acceptors (Lipinski definition) is 8. The first kappa shape index (κ1) is 16.1. The number of nitrogens with zero attached hydrogens (tertiary/aromatic N) is 6. The number of nitrogens with one attached hydrogen (secondary N) is 1. The van der Waals surface area contributed by atoms with Crippen molar-refractivity contribution in [3.05, 3.63) is 22.7 Å². The van der Waals surface area contributed by atoms with E-state index in [1.54, 1.807) is 18.7 Å². The summed E-state index contributed by atoms with van der Waals surface area (Å²) in [5.74, 6) is 0.843. The molecule has 0 bridgehead atoms. The van der Waals surface area contributed by atoms with Crippen LogP contribution in [0.25, 0.3) is 0 Å². The lowest BCUT2D eigenvalue weighted by Crippen LogP contribution is -2.35. The molecule has 0 saturated carbocycles. The van der Waals surface area contributed by atoms with Gasteiger partial charge in [0, 0.05) is 19.9 Å². The largest absolute Gasteiger partial charge is 0.408 e. The van der Waals surface area contributed by atoms with Gasteiger partial charge in [0.1, 0.15) is 17.8 Å². The van der Waals surface area contributed by atoms with Crippen molar-refractivity contribution < 1.29 is 8.81 Å². The van der Waals surface area contributed by atoms with Crippen LogP contribution in [0.3, 0.4) is 0 Å². The molecular weight excluding hydrogens is 313 g/mol. The van der Waals surface area contributed by atoms with E-state index >= 15 is 0 Å². The molecule has 1 fully saturated rings. The highest BCUT2D eigenvalue weighted by atomic mass is 19.1. The Hall–Kier alpha value is -2.76. The number of alkyl halides is 1. The molecule has 0 aliphatic carbocycles. The first-order valence-corrected chi connectivity index (χ1v) is 7.68. The second kappa shape index (κ2) is 6.39. The van der Waals surface area contributed by atoms with Crippen LogP contribution in [0, 0.1) is 32.1 Å². The first-order valence-electron chi connectivity index (χ1n) is 7.68. The maximum atomic E-state index is 13.9. The van der Waals surface area contributed by atoms with Gasteiger partial charge in [-0.2, -0.15) is 10.4 Å². The Bertz CT molecular complexity index is 785. The quantitative estimate of drug-likeness (QED) is 0.902. The summed E-state index contributed by atoms with van der Waals surface area (Å²) in [5, 5.41) is 28.3. The predicted molar refractivity (Wildman–Crippen MR) is 84.4 cm³/mol. The third-order valence-corrected chi connectivity index (χ3v) is 4.20. The summed E-state index contributed by atoms with van der Waals surface area (Å²) in [6.45, 7) is 5.92. The van der Waals surface area contributed by atoms with Gasteiger partial charge in [0.25, 0.3) is 0 Å². The van der Waals surface area contributed by atoms with Crippen LogP contribution >= 0.6 is 0 Å². The highest BCUT2D eigenvalue weighted by molar-refractivity contribution is 5.56. The maximum absolute atomic E-state index is 13.9. The van der Waals surface area contributed by atoms with Crippen molar-refractivity contribution in [2.45, 2.75) is 39.4 Å². The van der Waals surface area contributed by atoms with E-state index in [-0.39, 0.29) is 12.6 Å². The van der Waals surface area contributed by atoms with E-state index in [0.29, 0.717) is 41.9 Å². The van der Waals surface area contributed by atoms with Gasteiger partial charge >= 0.3 is 6.01 Å². The number of anilines is 2. The highest BCUT2D eigenvalue weighted by Gasteiger charge is 2.35. The van der Waals surface area contributed by atoms with Crippen LogP contribution in [0.1, 0.15) is 29.1 Å². The number of aryl methyl sites for hydroxylation is 2. The molecule has 3 heterocycles. The van der Waals surface area contributed by atoms with Gasteiger partial charge in [-0.1, -0.05) is 5.10 Å². The zero-order valence-corrected chi connectivity index (χ0v) is 13.7. The highest BCUT2D eigenvalue weighted by Crippen LogP contribution is 2.27. The van der Waals surface area contributed by atoms with Gasteiger partial charge in [0.2, 0.25) is 5.89 Å². The Balaban J connectivity index is 1.76. The molecule has 2 atom stereocenters. The molecule has 24 heavy (non-hydrogen) atoms. The number of nitriles is 1. The SMILES string of the molecule is Cc1nnc(N2C[C@@H](F)C[C@H]2CNc2nnc(C)c(C)c2C#N)o1.